The molecule has 0 aliphatic carbocycles. The highest BCUT2D eigenvalue weighted by Crippen LogP contribution is 2.15. The van der Waals surface area contributed by atoms with Crippen LogP contribution >= 0.6 is 0 Å². The van der Waals surface area contributed by atoms with Gasteiger partial charge in [-0.2, -0.15) is 0 Å². The summed E-state index contributed by atoms with van der Waals surface area (Å²) >= 11 is 0. The highest BCUT2D eigenvalue weighted by molar-refractivity contribution is 5.75. The molecule has 2 rings (SSSR count). The zero-order valence-electron chi connectivity index (χ0n) is 8.46. The predicted octanol–water partition coefficient (Wildman–Crippen LogP) is 0.933. The van der Waals surface area contributed by atoms with Crippen LogP contribution in [-0.2, 0) is 16.1 Å². The number of hydrogen-bond acceptors (Lipinski definition) is 4. The van der Waals surface area contributed by atoms with Crippen molar-refractivity contribution in [2.45, 2.75) is 6.54 Å². The fourth-order valence-corrected chi connectivity index (χ4v) is 1.53. The van der Waals surface area contributed by atoms with Gasteiger partial charge in [0, 0.05) is 6.54 Å². The summed E-state index contributed by atoms with van der Waals surface area (Å²) in [6, 6.07) is 3.43. The minimum atomic E-state index is -0.961. The van der Waals surface area contributed by atoms with E-state index in [1.54, 1.807) is 12.1 Å². The molecule has 1 aliphatic rings. The van der Waals surface area contributed by atoms with Crippen LogP contribution in [-0.4, -0.2) is 35.2 Å². The summed E-state index contributed by atoms with van der Waals surface area (Å²) in [4.78, 5) is 23.4. The summed E-state index contributed by atoms with van der Waals surface area (Å²) in [5.74, 6) is -1.03. The minimum Gasteiger partial charge on any atom is -0.481 e. The van der Waals surface area contributed by atoms with Crippen molar-refractivity contribution in [1.29, 1.82) is 0 Å². The average molecular weight is 225 g/mol. The first-order valence-corrected chi connectivity index (χ1v) is 4.83. The summed E-state index contributed by atoms with van der Waals surface area (Å²) in [5.41, 5.74) is 0. The van der Waals surface area contributed by atoms with Crippen molar-refractivity contribution in [3.8, 4) is 0 Å². The molecule has 1 fully saturated rings. The molecule has 0 saturated carbocycles. The van der Waals surface area contributed by atoms with Crippen LogP contribution in [0.4, 0.5) is 4.79 Å². The van der Waals surface area contributed by atoms with E-state index in [-0.39, 0.29) is 19.7 Å². The standard InChI is InChI=1S/C10H11NO5/c12-9(13)7-4-11(10(14)16-6-7)5-8-2-1-3-15-8/h1-3,7H,4-6H2,(H,12,13). The van der Waals surface area contributed by atoms with Gasteiger partial charge in [0.15, 0.2) is 0 Å². The van der Waals surface area contributed by atoms with Gasteiger partial charge in [-0.15, -0.1) is 0 Å². The van der Waals surface area contributed by atoms with E-state index in [0.29, 0.717) is 5.76 Å². The molecule has 2 heterocycles. The number of carbonyl (C=O) groups is 2. The lowest BCUT2D eigenvalue weighted by Crippen LogP contribution is -2.45. The Balaban J connectivity index is 2.01. The van der Waals surface area contributed by atoms with E-state index >= 15 is 0 Å². The SMILES string of the molecule is O=C(O)C1COC(=O)N(Cc2ccco2)C1. The fraction of sp³-hybridized carbons (Fsp3) is 0.400. The van der Waals surface area contributed by atoms with Crippen molar-refractivity contribution in [3.63, 3.8) is 0 Å². The topological polar surface area (TPSA) is 80.0 Å². The van der Waals surface area contributed by atoms with Gasteiger partial charge in [-0.1, -0.05) is 0 Å². The van der Waals surface area contributed by atoms with Crippen molar-refractivity contribution in [3.05, 3.63) is 24.2 Å². The van der Waals surface area contributed by atoms with E-state index in [1.807, 2.05) is 0 Å². The maximum Gasteiger partial charge on any atom is 0.410 e. The molecular weight excluding hydrogens is 214 g/mol. The maximum absolute atomic E-state index is 11.4. The summed E-state index contributed by atoms with van der Waals surface area (Å²) in [6.45, 7) is 0.313. The second kappa shape index (κ2) is 4.26. The van der Waals surface area contributed by atoms with Gasteiger partial charge in [0.1, 0.15) is 18.3 Å². The molecule has 16 heavy (non-hydrogen) atoms. The third-order valence-corrected chi connectivity index (χ3v) is 2.38. The van der Waals surface area contributed by atoms with Crippen LogP contribution < -0.4 is 0 Å². The van der Waals surface area contributed by atoms with Crippen LogP contribution in [0.3, 0.4) is 0 Å². The molecule has 1 amide bonds. The quantitative estimate of drug-likeness (QED) is 0.827. The molecule has 0 bridgehead atoms. The number of rotatable bonds is 3. The maximum atomic E-state index is 11.4. The van der Waals surface area contributed by atoms with E-state index in [4.69, 9.17) is 14.3 Å². The predicted molar refractivity (Wildman–Crippen MR) is 51.6 cm³/mol. The number of furan rings is 1. The van der Waals surface area contributed by atoms with Gasteiger partial charge in [-0.25, -0.2) is 4.79 Å². The number of aliphatic carboxylic acids is 1. The zero-order chi connectivity index (χ0) is 11.5. The summed E-state index contributed by atoms with van der Waals surface area (Å²) in [5, 5.41) is 8.83. The average Bonchev–Trinajstić information content (AvgIpc) is 2.73. The van der Waals surface area contributed by atoms with Gasteiger partial charge < -0.3 is 14.3 Å². The Morgan fingerprint density at radius 1 is 1.62 bits per heavy atom. The number of nitrogens with zero attached hydrogens (tertiary/aromatic N) is 1. The van der Waals surface area contributed by atoms with Gasteiger partial charge in [0.05, 0.1) is 12.8 Å². The zero-order valence-corrected chi connectivity index (χ0v) is 8.46. The number of carbonyl (C=O) groups excluding carboxylic acids is 1. The molecule has 1 N–H and O–H groups in total. The number of ether oxygens (including phenoxy) is 1. The van der Waals surface area contributed by atoms with Crippen LogP contribution in [0.2, 0.25) is 0 Å². The molecule has 86 valence electrons. The highest BCUT2D eigenvalue weighted by Gasteiger charge is 2.31. The van der Waals surface area contributed by atoms with Crippen LogP contribution in [0.15, 0.2) is 22.8 Å². The second-order valence-electron chi connectivity index (χ2n) is 3.57. The van der Waals surface area contributed by atoms with E-state index in [9.17, 15) is 9.59 Å². The first-order chi connectivity index (χ1) is 7.66. The van der Waals surface area contributed by atoms with Crippen molar-refractivity contribution in [2.75, 3.05) is 13.2 Å². The van der Waals surface area contributed by atoms with E-state index in [0.717, 1.165) is 0 Å². The Hall–Kier alpha value is -1.98. The van der Waals surface area contributed by atoms with Gasteiger partial charge in [-0.3, -0.25) is 9.69 Å². The van der Waals surface area contributed by atoms with Gasteiger partial charge >= 0.3 is 12.1 Å². The second-order valence-corrected chi connectivity index (χ2v) is 3.57. The molecule has 6 nitrogen and oxygen atoms in total. The smallest absolute Gasteiger partial charge is 0.410 e. The van der Waals surface area contributed by atoms with Crippen LogP contribution in [0.5, 0.6) is 0 Å². The lowest BCUT2D eigenvalue weighted by atomic mass is 10.1. The Bertz CT molecular complexity index is 386. The normalized spacial score (nSPS) is 20.6. The molecular formula is C10H11NO5. The van der Waals surface area contributed by atoms with Gasteiger partial charge in [0.2, 0.25) is 0 Å². The fourth-order valence-electron chi connectivity index (χ4n) is 1.53. The molecule has 1 aliphatic heterocycles. The van der Waals surface area contributed by atoms with E-state index in [1.165, 1.54) is 11.2 Å². The first kappa shape index (κ1) is 10.5. The molecule has 0 aromatic carbocycles. The third-order valence-electron chi connectivity index (χ3n) is 2.38. The van der Waals surface area contributed by atoms with Crippen molar-refractivity contribution >= 4 is 12.1 Å². The number of carboxylic acids is 1. The first-order valence-electron chi connectivity index (χ1n) is 4.83. The summed E-state index contributed by atoms with van der Waals surface area (Å²) in [6.07, 6.45) is 0.994. The van der Waals surface area contributed by atoms with E-state index < -0.39 is 18.0 Å². The lowest BCUT2D eigenvalue weighted by Gasteiger charge is -2.29. The molecule has 0 radical (unpaired) electrons. The van der Waals surface area contributed by atoms with Crippen molar-refractivity contribution < 1.29 is 23.8 Å². The molecule has 6 heteroatoms. The number of carboxylic acid groups (broad SMARTS) is 1. The minimum absolute atomic E-state index is 0.0666. The molecule has 1 aromatic heterocycles. The van der Waals surface area contributed by atoms with Gasteiger partial charge in [-0.05, 0) is 12.1 Å². The molecule has 1 saturated heterocycles. The Morgan fingerprint density at radius 3 is 3.06 bits per heavy atom. The molecule has 1 aromatic rings. The number of cyclic esters (lactones) is 1. The van der Waals surface area contributed by atoms with Crippen molar-refractivity contribution in [1.82, 2.24) is 4.90 Å². The lowest BCUT2D eigenvalue weighted by molar-refractivity contribution is -0.145. The summed E-state index contributed by atoms with van der Waals surface area (Å²) in [7, 11) is 0. The molecule has 1 unspecified atom stereocenters. The Kier molecular flexibility index (Phi) is 2.80. The highest BCUT2D eigenvalue weighted by atomic mass is 16.6. The Labute approximate surface area is 91.4 Å². The largest absolute Gasteiger partial charge is 0.481 e. The number of amides is 1. The monoisotopic (exact) mass is 225 g/mol. The van der Waals surface area contributed by atoms with Crippen molar-refractivity contribution in [2.24, 2.45) is 5.92 Å². The molecule has 0 spiro atoms. The molecule has 1 atom stereocenters. The Morgan fingerprint density at radius 2 is 2.44 bits per heavy atom. The third kappa shape index (κ3) is 2.16. The van der Waals surface area contributed by atoms with Crippen LogP contribution in [0.25, 0.3) is 0 Å². The summed E-state index contributed by atoms with van der Waals surface area (Å²) < 4.78 is 9.86. The van der Waals surface area contributed by atoms with Crippen LogP contribution in [0.1, 0.15) is 5.76 Å². The number of hydrogen-bond donors (Lipinski definition) is 1. The van der Waals surface area contributed by atoms with E-state index in [2.05, 4.69) is 0 Å². The van der Waals surface area contributed by atoms with Crippen LogP contribution in [0, 0.1) is 5.92 Å². The van der Waals surface area contributed by atoms with Gasteiger partial charge in [0.25, 0.3) is 0 Å².